The van der Waals surface area contributed by atoms with E-state index in [1.54, 1.807) is 12.3 Å². The second-order valence-electron chi connectivity index (χ2n) is 6.24. The van der Waals surface area contributed by atoms with Crippen molar-refractivity contribution in [1.29, 1.82) is 0 Å². The van der Waals surface area contributed by atoms with Crippen LogP contribution in [-0.4, -0.2) is 38.9 Å². The number of aryl methyl sites for hydroxylation is 1. The topological polar surface area (TPSA) is 105 Å². The highest BCUT2D eigenvalue weighted by molar-refractivity contribution is 5.93. The molecule has 0 unspecified atom stereocenters. The maximum Gasteiger partial charge on any atom is 0.433 e. The second-order valence-corrected chi connectivity index (χ2v) is 6.24. The van der Waals surface area contributed by atoms with Gasteiger partial charge >= 0.3 is 6.18 Å². The maximum absolute atomic E-state index is 12.5. The molecule has 0 atom stereocenters. The number of alkyl halides is 3. The predicted octanol–water partition coefficient (Wildman–Crippen LogP) is 3.18. The van der Waals surface area contributed by atoms with Gasteiger partial charge in [-0.05, 0) is 36.8 Å². The number of aromatic nitrogens is 4. The molecule has 0 spiro atoms. The summed E-state index contributed by atoms with van der Waals surface area (Å²) in [7, 11) is 0. The third-order valence-electron chi connectivity index (χ3n) is 3.87. The molecule has 3 aromatic heterocycles. The highest BCUT2D eigenvalue weighted by Crippen LogP contribution is 2.27. The summed E-state index contributed by atoms with van der Waals surface area (Å²) < 4.78 is 37.5. The number of carbonyl (C=O) groups is 1. The van der Waals surface area contributed by atoms with Gasteiger partial charge in [0.1, 0.15) is 29.5 Å². The first-order valence-electron chi connectivity index (χ1n) is 8.88. The standard InChI is InChI=1S/C19H18F3N7O/c1-12-4-5-23-16(8-12)29-17-9-15(27-11-28-17)24-6-7-25-18(30)13-2-3-14(26-10-13)19(20,21)22/h2-5,8-11H,6-7H2,1H3,(H,25,30)(H2,23,24,27,28,29). The summed E-state index contributed by atoms with van der Waals surface area (Å²) in [5.41, 5.74) is 0.0517. The van der Waals surface area contributed by atoms with Crippen molar-refractivity contribution in [2.45, 2.75) is 13.1 Å². The lowest BCUT2D eigenvalue weighted by Crippen LogP contribution is -2.29. The fourth-order valence-electron chi connectivity index (χ4n) is 2.42. The molecule has 156 valence electrons. The van der Waals surface area contributed by atoms with Crippen LogP contribution < -0.4 is 16.0 Å². The molecule has 3 aromatic rings. The van der Waals surface area contributed by atoms with Crippen LogP contribution in [0.15, 0.2) is 49.1 Å². The summed E-state index contributed by atoms with van der Waals surface area (Å²) in [4.78, 5) is 27.7. The van der Waals surface area contributed by atoms with Crippen LogP contribution in [0.4, 0.5) is 30.6 Å². The molecule has 0 fully saturated rings. The van der Waals surface area contributed by atoms with E-state index >= 15 is 0 Å². The summed E-state index contributed by atoms with van der Waals surface area (Å²) >= 11 is 0. The zero-order valence-electron chi connectivity index (χ0n) is 15.9. The van der Waals surface area contributed by atoms with Gasteiger partial charge in [-0.3, -0.25) is 9.78 Å². The number of nitrogens with one attached hydrogen (secondary N) is 3. The zero-order valence-corrected chi connectivity index (χ0v) is 15.9. The van der Waals surface area contributed by atoms with Crippen molar-refractivity contribution in [1.82, 2.24) is 25.3 Å². The minimum absolute atomic E-state index is 0.0437. The van der Waals surface area contributed by atoms with Gasteiger partial charge in [0.05, 0.1) is 5.56 Å². The quantitative estimate of drug-likeness (QED) is 0.507. The molecule has 0 aliphatic heterocycles. The van der Waals surface area contributed by atoms with Crippen molar-refractivity contribution in [2.24, 2.45) is 0 Å². The number of halogens is 3. The third kappa shape index (κ3) is 5.87. The van der Waals surface area contributed by atoms with Gasteiger partial charge in [-0.2, -0.15) is 13.2 Å². The van der Waals surface area contributed by atoms with Gasteiger partial charge in [0.2, 0.25) is 0 Å². The first-order chi connectivity index (χ1) is 14.3. The normalized spacial score (nSPS) is 11.1. The molecule has 0 saturated heterocycles. The maximum atomic E-state index is 12.5. The molecule has 0 bridgehead atoms. The predicted molar refractivity (Wildman–Crippen MR) is 104 cm³/mol. The van der Waals surface area contributed by atoms with Gasteiger partial charge in [-0.1, -0.05) is 0 Å². The summed E-state index contributed by atoms with van der Waals surface area (Å²) in [5, 5.41) is 8.70. The molecule has 0 aromatic carbocycles. The Hall–Kier alpha value is -3.76. The summed E-state index contributed by atoms with van der Waals surface area (Å²) in [6.45, 7) is 2.53. The SMILES string of the molecule is Cc1ccnc(Nc2cc(NCCNC(=O)c3ccc(C(F)(F)F)nc3)ncn2)c1. The largest absolute Gasteiger partial charge is 0.433 e. The van der Waals surface area contributed by atoms with E-state index in [2.05, 4.69) is 35.9 Å². The van der Waals surface area contributed by atoms with Crippen molar-refractivity contribution < 1.29 is 18.0 Å². The fourth-order valence-corrected chi connectivity index (χ4v) is 2.42. The lowest BCUT2D eigenvalue weighted by atomic mass is 10.2. The van der Waals surface area contributed by atoms with Crippen LogP contribution in [0, 0.1) is 6.92 Å². The average Bonchev–Trinajstić information content (AvgIpc) is 2.71. The number of hydrogen-bond donors (Lipinski definition) is 3. The molecule has 8 nitrogen and oxygen atoms in total. The highest BCUT2D eigenvalue weighted by atomic mass is 19.4. The molecular formula is C19H18F3N7O. The van der Waals surface area contributed by atoms with Gasteiger partial charge in [0.25, 0.3) is 5.91 Å². The number of pyridine rings is 2. The molecule has 0 radical (unpaired) electrons. The molecule has 30 heavy (non-hydrogen) atoms. The molecule has 11 heteroatoms. The third-order valence-corrected chi connectivity index (χ3v) is 3.87. The average molecular weight is 417 g/mol. The van der Waals surface area contributed by atoms with Crippen molar-refractivity contribution in [3.05, 3.63) is 65.9 Å². The van der Waals surface area contributed by atoms with E-state index in [1.807, 2.05) is 19.1 Å². The van der Waals surface area contributed by atoms with Crippen LogP contribution in [0.5, 0.6) is 0 Å². The number of nitrogens with zero attached hydrogens (tertiary/aromatic N) is 4. The molecule has 0 aliphatic carbocycles. The molecule has 0 aliphatic rings. The van der Waals surface area contributed by atoms with Crippen LogP contribution in [0.25, 0.3) is 0 Å². The summed E-state index contributed by atoms with van der Waals surface area (Å²) in [5.74, 6) is 1.21. The molecule has 1 amide bonds. The van der Waals surface area contributed by atoms with E-state index in [9.17, 15) is 18.0 Å². The van der Waals surface area contributed by atoms with Crippen LogP contribution in [0.2, 0.25) is 0 Å². The Morgan fingerprint density at radius 2 is 1.73 bits per heavy atom. The minimum atomic E-state index is -4.54. The Kier molecular flexibility index (Phi) is 6.40. The Labute approximate surface area is 170 Å². The number of anilines is 3. The van der Waals surface area contributed by atoms with Gasteiger partial charge in [0.15, 0.2) is 0 Å². The number of hydrogen-bond acceptors (Lipinski definition) is 7. The minimum Gasteiger partial charge on any atom is -0.368 e. The van der Waals surface area contributed by atoms with E-state index in [0.29, 0.717) is 24.0 Å². The molecule has 3 heterocycles. The Bertz CT molecular complexity index is 1010. The lowest BCUT2D eigenvalue weighted by molar-refractivity contribution is -0.141. The molecular weight excluding hydrogens is 399 g/mol. The van der Waals surface area contributed by atoms with Gasteiger partial charge < -0.3 is 16.0 Å². The number of carbonyl (C=O) groups excluding carboxylic acids is 1. The monoisotopic (exact) mass is 417 g/mol. The van der Waals surface area contributed by atoms with Crippen LogP contribution in [0.3, 0.4) is 0 Å². The van der Waals surface area contributed by atoms with Crippen molar-refractivity contribution in [2.75, 3.05) is 23.7 Å². The van der Waals surface area contributed by atoms with Crippen molar-refractivity contribution in [3.8, 4) is 0 Å². The number of amides is 1. The van der Waals surface area contributed by atoms with E-state index in [-0.39, 0.29) is 12.1 Å². The van der Waals surface area contributed by atoms with E-state index in [0.717, 1.165) is 23.9 Å². The Balaban J connectivity index is 1.48. The molecule has 3 N–H and O–H groups in total. The molecule has 0 saturated carbocycles. The van der Waals surface area contributed by atoms with E-state index in [1.165, 1.54) is 6.33 Å². The van der Waals surface area contributed by atoms with Crippen LogP contribution >= 0.6 is 0 Å². The van der Waals surface area contributed by atoms with Crippen LogP contribution in [0.1, 0.15) is 21.6 Å². The molecule has 3 rings (SSSR count). The Morgan fingerprint density at radius 3 is 2.43 bits per heavy atom. The first kappa shape index (κ1) is 21.0. The first-order valence-corrected chi connectivity index (χ1v) is 8.88. The lowest BCUT2D eigenvalue weighted by Gasteiger charge is -2.10. The highest BCUT2D eigenvalue weighted by Gasteiger charge is 2.32. The van der Waals surface area contributed by atoms with E-state index < -0.39 is 17.8 Å². The fraction of sp³-hybridized carbons (Fsp3) is 0.211. The Morgan fingerprint density at radius 1 is 0.967 bits per heavy atom. The van der Waals surface area contributed by atoms with Gasteiger partial charge in [-0.15, -0.1) is 0 Å². The van der Waals surface area contributed by atoms with E-state index in [4.69, 9.17) is 0 Å². The van der Waals surface area contributed by atoms with Crippen molar-refractivity contribution >= 4 is 23.4 Å². The summed E-state index contributed by atoms with van der Waals surface area (Å²) in [6.07, 6.45) is -0.577. The van der Waals surface area contributed by atoms with Crippen LogP contribution in [-0.2, 0) is 6.18 Å². The smallest absolute Gasteiger partial charge is 0.368 e. The zero-order chi connectivity index (χ0) is 21.6. The van der Waals surface area contributed by atoms with Gasteiger partial charge in [0, 0.05) is 31.5 Å². The van der Waals surface area contributed by atoms with Crippen molar-refractivity contribution in [3.63, 3.8) is 0 Å². The number of rotatable bonds is 7. The summed E-state index contributed by atoms with van der Waals surface area (Å²) in [6, 6.07) is 7.30. The van der Waals surface area contributed by atoms with Gasteiger partial charge in [-0.25, -0.2) is 15.0 Å². The second kappa shape index (κ2) is 9.16.